The molecule has 0 heterocycles. The summed E-state index contributed by atoms with van der Waals surface area (Å²) in [6.45, 7) is 3.08. The van der Waals surface area contributed by atoms with E-state index in [4.69, 9.17) is 0 Å². The summed E-state index contributed by atoms with van der Waals surface area (Å²) in [4.78, 5) is 12.2. The predicted octanol–water partition coefficient (Wildman–Crippen LogP) is 2.99. The van der Waals surface area contributed by atoms with Gasteiger partial charge < -0.3 is 5.32 Å². The topological polar surface area (TPSA) is 66.5 Å². The molecule has 1 N–H and O–H groups in total. The van der Waals surface area contributed by atoms with Crippen molar-refractivity contribution in [1.82, 2.24) is 0 Å². The number of carbonyl (C=O) groups excluding carboxylic acids is 1. The average Bonchev–Trinajstić information content (AvgIpc) is 2.47. The summed E-state index contributed by atoms with van der Waals surface area (Å²) in [6, 6.07) is 7.84. The summed E-state index contributed by atoms with van der Waals surface area (Å²) >= 11 is 0. The number of hydrogen-bond donors (Lipinski definition) is 1. The molecule has 134 valence electrons. The molecule has 0 unspecified atom stereocenters. The molecule has 0 spiro atoms. The quantitative estimate of drug-likeness (QED) is 0.882. The number of nitrogens with one attached hydrogen (secondary N) is 1. The van der Waals surface area contributed by atoms with Gasteiger partial charge in [0, 0.05) is 11.8 Å². The van der Waals surface area contributed by atoms with E-state index in [0.717, 1.165) is 29.5 Å². The number of carbonyl (C=O) groups is 1. The lowest BCUT2D eigenvalue weighted by atomic mass is 10.1. The van der Waals surface area contributed by atoms with Crippen molar-refractivity contribution < 1.29 is 22.0 Å². The van der Waals surface area contributed by atoms with Gasteiger partial charge in [0.1, 0.15) is 18.2 Å². The zero-order valence-electron chi connectivity index (χ0n) is 14.0. The Morgan fingerprint density at radius 2 is 1.80 bits per heavy atom. The van der Waals surface area contributed by atoms with E-state index >= 15 is 0 Å². The van der Waals surface area contributed by atoms with Gasteiger partial charge in [0.05, 0.1) is 11.9 Å². The van der Waals surface area contributed by atoms with Crippen molar-refractivity contribution in [2.75, 3.05) is 22.4 Å². The number of halogens is 2. The van der Waals surface area contributed by atoms with Crippen LogP contribution in [0.3, 0.4) is 0 Å². The van der Waals surface area contributed by atoms with Crippen LogP contribution in [0.15, 0.2) is 36.4 Å². The molecule has 0 atom stereocenters. The van der Waals surface area contributed by atoms with Crippen LogP contribution < -0.4 is 9.62 Å². The third kappa shape index (κ3) is 4.76. The maximum absolute atomic E-state index is 13.9. The van der Waals surface area contributed by atoms with E-state index in [1.165, 1.54) is 0 Å². The molecule has 1 amide bonds. The minimum Gasteiger partial charge on any atom is -0.324 e. The maximum atomic E-state index is 13.9. The monoisotopic (exact) mass is 368 g/mol. The van der Waals surface area contributed by atoms with Crippen LogP contribution in [0.25, 0.3) is 0 Å². The first kappa shape index (κ1) is 18.9. The molecule has 0 bridgehead atoms. The number of aryl methyl sites for hydroxylation is 2. The van der Waals surface area contributed by atoms with Gasteiger partial charge in [-0.25, -0.2) is 17.2 Å². The Kier molecular flexibility index (Phi) is 5.42. The second kappa shape index (κ2) is 7.18. The largest absolute Gasteiger partial charge is 0.324 e. The summed E-state index contributed by atoms with van der Waals surface area (Å²) < 4.78 is 51.5. The van der Waals surface area contributed by atoms with Crippen molar-refractivity contribution >= 4 is 27.3 Å². The zero-order valence-corrected chi connectivity index (χ0v) is 14.8. The fraction of sp³-hybridized carbons (Fsp3) is 0.235. The Bertz CT molecular complexity index is 914. The molecule has 2 aromatic carbocycles. The van der Waals surface area contributed by atoms with Crippen LogP contribution in [-0.2, 0) is 14.8 Å². The second-order valence-corrected chi connectivity index (χ2v) is 7.64. The number of benzene rings is 2. The highest BCUT2D eigenvalue weighted by atomic mass is 32.2. The molecule has 2 rings (SSSR count). The third-order valence-electron chi connectivity index (χ3n) is 3.52. The number of hydrogen-bond acceptors (Lipinski definition) is 3. The number of anilines is 2. The van der Waals surface area contributed by atoms with Gasteiger partial charge in [-0.3, -0.25) is 9.10 Å². The van der Waals surface area contributed by atoms with Gasteiger partial charge >= 0.3 is 0 Å². The van der Waals surface area contributed by atoms with E-state index in [1.54, 1.807) is 19.1 Å². The summed E-state index contributed by atoms with van der Waals surface area (Å²) in [6.07, 6.45) is 0.847. The van der Waals surface area contributed by atoms with E-state index in [1.807, 2.05) is 13.0 Å². The Hall–Kier alpha value is -2.48. The van der Waals surface area contributed by atoms with E-state index < -0.39 is 34.1 Å². The van der Waals surface area contributed by atoms with Crippen molar-refractivity contribution in [3.63, 3.8) is 0 Å². The molecule has 0 aliphatic carbocycles. The molecule has 0 aliphatic heterocycles. The highest BCUT2D eigenvalue weighted by molar-refractivity contribution is 7.92. The first-order valence-electron chi connectivity index (χ1n) is 7.38. The Morgan fingerprint density at radius 3 is 2.36 bits per heavy atom. The molecule has 0 aromatic heterocycles. The van der Waals surface area contributed by atoms with Crippen molar-refractivity contribution in [3.05, 3.63) is 59.2 Å². The van der Waals surface area contributed by atoms with Crippen molar-refractivity contribution in [2.24, 2.45) is 0 Å². The fourth-order valence-corrected chi connectivity index (χ4v) is 3.20. The van der Waals surface area contributed by atoms with Crippen LogP contribution in [0, 0.1) is 25.5 Å². The van der Waals surface area contributed by atoms with Gasteiger partial charge in [-0.15, -0.1) is 0 Å². The normalized spacial score (nSPS) is 11.2. The average molecular weight is 368 g/mol. The van der Waals surface area contributed by atoms with Crippen molar-refractivity contribution in [3.8, 4) is 0 Å². The second-order valence-electron chi connectivity index (χ2n) is 5.73. The smallest absolute Gasteiger partial charge is 0.245 e. The molecule has 25 heavy (non-hydrogen) atoms. The SMILES string of the molecule is Cc1ccc(NC(=O)CN(c2ccc(F)cc2F)S(C)(=O)=O)c(C)c1. The molecule has 0 aliphatic rings. The summed E-state index contributed by atoms with van der Waals surface area (Å²) in [5, 5.41) is 2.60. The summed E-state index contributed by atoms with van der Waals surface area (Å²) in [7, 11) is -3.95. The fourth-order valence-electron chi connectivity index (χ4n) is 2.34. The minimum atomic E-state index is -3.95. The van der Waals surface area contributed by atoms with E-state index in [9.17, 15) is 22.0 Å². The third-order valence-corrected chi connectivity index (χ3v) is 4.65. The number of sulfonamides is 1. The first-order valence-corrected chi connectivity index (χ1v) is 9.22. The standard InChI is InChI=1S/C17H18F2N2O3S/c1-11-4-6-15(12(2)8-11)20-17(22)10-21(25(3,23)24)16-7-5-13(18)9-14(16)19/h4-9H,10H2,1-3H3,(H,20,22). The number of nitrogens with zero attached hydrogens (tertiary/aromatic N) is 1. The van der Waals surface area contributed by atoms with Crippen LogP contribution in [0.2, 0.25) is 0 Å². The van der Waals surface area contributed by atoms with Crippen LogP contribution in [0.4, 0.5) is 20.2 Å². The van der Waals surface area contributed by atoms with Crippen molar-refractivity contribution in [1.29, 1.82) is 0 Å². The zero-order chi connectivity index (χ0) is 18.8. The minimum absolute atomic E-state index is 0.389. The Labute approximate surface area is 145 Å². The van der Waals surface area contributed by atoms with Gasteiger partial charge in [0.25, 0.3) is 0 Å². The molecule has 5 nitrogen and oxygen atoms in total. The first-order chi connectivity index (χ1) is 11.6. The van der Waals surface area contributed by atoms with Gasteiger partial charge in [-0.2, -0.15) is 0 Å². The van der Waals surface area contributed by atoms with Gasteiger partial charge in [-0.05, 0) is 37.6 Å². The van der Waals surface area contributed by atoms with Crippen LogP contribution >= 0.6 is 0 Å². The number of rotatable bonds is 5. The molecule has 0 saturated carbocycles. The van der Waals surface area contributed by atoms with Gasteiger partial charge in [0.2, 0.25) is 15.9 Å². The summed E-state index contributed by atoms with van der Waals surface area (Å²) in [5.74, 6) is -2.54. The lowest BCUT2D eigenvalue weighted by Gasteiger charge is -2.22. The highest BCUT2D eigenvalue weighted by Crippen LogP contribution is 2.23. The Morgan fingerprint density at radius 1 is 1.12 bits per heavy atom. The van der Waals surface area contributed by atoms with Gasteiger partial charge in [-0.1, -0.05) is 17.7 Å². The highest BCUT2D eigenvalue weighted by Gasteiger charge is 2.24. The van der Waals surface area contributed by atoms with E-state index in [2.05, 4.69) is 5.32 Å². The van der Waals surface area contributed by atoms with E-state index in [0.29, 0.717) is 16.1 Å². The molecule has 0 radical (unpaired) electrons. The Balaban J connectivity index is 2.27. The predicted molar refractivity (Wildman–Crippen MR) is 93.1 cm³/mol. The molecule has 2 aromatic rings. The van der Waals surface area contributed by atoms with Crippen LogP contribution in [0.5, 0.6) is 0 Å². The lowest BCUT2D eigenvalue weighted by Crippen LogP contribution is -2.38. The number of amides is 1. The van der Waals surface area contributed by atoms with Crippen LogP contribution in [0.1, 0.15) is 11.1 Å². The van der Waals surface area contributed by atoms with Crippen molar-refractivity contribution in [2.45, 2.75) is 13.8 Å². The molecule has 0 saturated heterocycles. The maximum Gasteiger partial charge on any atom is 0.245 e. The molecular weight excluding hydrogens is 350 g/mol. The van der Waals surface area contributed by atoms with E-state index in [-0.39, 0.29) is 5.69 Å². The molecular formula is C17H18F2N2O3S. The van der Waals surface area contributed by atoms with Crippen LogP contribution in [-0.4, -0.2) is 27.1 Å². The lowest BCUT2D eigenvalue weighted by molar-refractivity contribution is -0.114. The van der Waals surface area contributed by atoms with Gasteiger partial charge in [0.15, 0.2) is 0 Å². The molecule has 8 heteroatoms. The summed E-state index contributed by atoms with van der Waals surface area (Å²) in [5.41, 5.74) is 1.97. The molecule has 0 fully saturated rings.